The van der Waals surface area contributed by atoms with E-state index in [1.54, 1.807) is 29.2 Å². The van der Waals surface area contributed by atoms with Crippen molar-refractivity contribution in [2.45, 2.75) is 57.4 Å². The second-order valence-electron chi connectivity index (χ2n) is 10.0. The van der Waals surface area contributed by atoms with Crippen molar-refractivity contribution < 1.29 is 18.0 Å². The van der Waals surface area contributed by atoms with Gasteiger partial charge in [-0.05, 0) is 55.7 Å². The van der Waals surface area contributed by atoms with Gasteiger partial charge in [0.05, 0.1) is 11.5 Å². The zero-order chi connectivity index (χ0) is 24.8. The van der Waals surface area contributed by atoms with Gasteiger partial charge in [0.25, 0.3) is 5.91 Å². The van der Waals surface area contributed by atoms with Crippen LogP contribution < -0.4 is 5.32 Å². The topological polar surface area (TPSA) is 83.6 Å². The van der Waals surface area contributed by atoms with Gasteiger partial charge in [-0.25, -0.2) is 8.42 Å². The number of nitrogens with one attached hydrogen (secondary N) is 1. The number of unbranched alkanes of at least 4 members (excludes halogenated alkanes) is 2. The number of carbonyl (C=O) groups excluding carboxylic acids is 2. The predicted molar refractivity (Wildman–Crippen MR) is 138 cm³/mol. The molecule has 1 aliphatic heterocycles. The fraction of sp³-hybridized carbons (Fsp3) is 0.500. The highest BCUT2D eigenvalue weighted by molar-refractivity contribution is 7.91. The normalized spacial score (nSPS) is 21.8. The molecule has 0 radical (unpaired) electrons. The first kappa shape index (κ1) is 25.4. The third kappa shape index (κ3) is 7.17. The highest BCUT2D eigenvalue weighted by atomic mass is 32.2. The number of rotatable bonds is 10. The lowest BCUT2D eigenvalue weighted by Gasteiger charge is -2.30. The van der Waals surface area contributed by atoms with Crippen LogP contribution >= 0.6 is 0 Å². The molecule has 2 aromatic rings. The average molecular weight is 497 g/mol. The Morgan fingerprint density at radius 1 is 0.971 bits per heavy atom. The Bertz CT molecular complexity index is 1100. The van der Waals surface area contributed by atoms with Crippen molar-refractivity contribution in [2.24, 2.45) is 5.92 Å². The summed E-state index contributed by atoms with van der Waals surface area (Å²) in [4.78, 5) is 27.5. The lowest BCUT2D eigenvalue weighted by atomic mass is 10.0. The fourth-order valence-corrected chi connectivity index (χ4v) is 6.16. The van der Waals surface area contributed by atoms with Crippen LogP contribution in [0.15, 0.2) is 54.6 Å². The van der Waals surface area contributed by atoms with E-state index in [0.717, 1.165) is 25.2 Å². The van der Waals surface area contributed by atoms with E-state index in [1.165, 1.54) is 24.0 Å². The van der Waals surface area contributed by atoms with Crippen LogP contribution in [0, 0.1) is 12.8 Å². The van der Waals surface area contributed by atoms with Gasteiger partial charge in [-0.3, -0.25) is 9.59 Å². The zero-order valence-electron chi connectivity index (χ0n) is 20.5. The van der Waals surface area contributed by atoms with E-state index < -0.39 is 15.9 Å². The highest BCUT2D eigenvalue weighted by Gasteiger charge is 2.37. The Labute approximate surface area is 209 Å². The second-order valence-corrected chi connectivity index (χ2v) is 12.3. The molecule has 1 saturated carbocycles. The molecule has 188 valence electrons. The van der Waals surface area contributed by atoms with Crippen LogP contribution in [0.4, 0.5) is 0 Å². The van der Waals surface area contributed by atoms with Gasteiger partial charge in [0.15, 0.2) is 9.84 Å². The monoisotopic (exact) mass is 496 g/mol. The van der Waals surface area contributed by atoms with E-state index in [-0.39, 0.29) is 36.4 Å². The molecule has 2 aliphatic rings. The molecule has 1 N–H and O–H groups in total. The summed E-state index contributed by atoms with van der Waals surface area (Å²) in [6.45, 7) is 2.50. The molecule has 6 nitrogen and oxygen atoms in total. The van der Waals surface area contributed by atoms with Crippen molar-refractivity contribution >= 4 is 21.7 Å². The molecule has 2 aromatic carbocycles. The SMILES string of the molecule is Cc1ccc([C@@H]2C[C@H]2CCCCC[C@H](NC(=O)c2ccccc2)C(=O)N2CCS(=O)(=O)CC2)cc1. The molecule has 0 spiro atoms. The lowest BCUT2D eigenvalue weighted by molar-refractivity contribution is -0.133. The van der Waals surface area contributed by atoms with E-state index in [9.17, 15) is 18.0 Å². The molecule has 2 amide bonds. The number of hydrogen-bond acceptors (Lipinski definition) is 4. The van der Waals surface area contributed by atoms with Crippen LogP contribution in [0.1, 0.15) is 65.9 Å². The van der Waals surface area contributed by atoms with Gasteiger partial charge in [-0.1, -0.05) is 67.3 Å². The smallest absolute Gasteiger partial charge is 0.251 e. The summed E-state index contributed by atoms with van der Waals surface area (Å²) in [7, 11) is -3.08. The molecule has 0 aromatic heterocycles. The van der Waals surface area contributed by atoms with Crippen molar-refractivity contribution in [1.29, 1.82) is 0 Å². The molecule has 3 atom stereocenters. The molecular formula is C28H36N2O4S. The molecule has 1 heterocycles. The minimum atomic E-state index is -3.08. The van der Waals surface area contributed by atoms with Gasteiger partial charge >= 0.3 is 0 Å². The van der Waals surface area contributed by atoms with Crippen molar-refractivity contribution in [2.75, 3.05) is 24.6 Å². The second kappa shape index (κ2) is 11.4. The minimum absolute atomic E-state index is 0.0123. The number of sulfone groups is 1. The van der Waals surface area contributed by atoms with E-state index in [4.69, 9.17) is 0 Å². The van der Waals surface area contributed by atoms with Crippen molar-refractivity contribution in [3.63, 3.8) is 0 Å². The third-order valence-corrected chi connectivity index (χ3v) is 8.90. The van der Waals surface area contributed by atoms with Gasteiger partial charge in [0.2, 0.25) is 5.91 Å². The van der Waals surface area contributed by atoms with Crippen LogP contribution in [0.2, 0.25) is 0 Å². The van der Waals surface area contributed by atoms with Crippen molar-refractivity contribution in [3.05, 3.63) is 71.3 Å². The van der Waals surface area contributed by atoms with Gasteiger partial charge in [-0.15, -0.1) is 0 Å². The molecule has 35 heavy (non-hydrogen) atoms. The summed E-state index contributed by atoms with van der Waals surface area (Å²) >= 11 is 0. The first-order chi connectivity index (χ1) is 16.8. The molecule has 4 rings (SSSR count). The van der Waals surface area contributed by atoms with Crippen LogP contribution in [0.25, 0.3) is 0 Å². The molecule has 0 bridgehead atoms. The Morgan fingerprint density at radius 3 is 2.34 bits per heavy atom. The predicted octanol–water partition coefficient (Wildman–Crippen LogP) is 4.10. The summed E-state index contributed by atoms with van der Waals surface area (Å²) in [5, 5.41) is 2.92. The lowest BCUT2D eigenvalue weighted by Crippen LogP contribution is -2.52. The molecular weight excluding hydrogens is 460 g/mol. The number of carbonyl (C=O) groups is 2. The van der Waals surface area contributed by atoms with Crippen LogP contribution in [-0.4, -0.2) is 55.8 Å². The molecule has 0 unspecified atom stereocenters. The van der Waals surface area contributed by atoms with Crippen LogP contribution in [0.3, 0.4) is 0 Å². The Hall–Kier alpha value is -2.67. The molecule has 1 saturated heterocycles. The maximum atomic E-state index is 13.2. The summed E-state index contributed by atoms with van der Waals surface area (Å²) in [5.41, 5.74) is 3.25. The molecule has 1 aliphatic carbocycles. The van der Waals surface area contributed by atoms with Crippen molar-refractivity contribution in [3.8, 4) is 0 Å². The first-order valence-electron chi connectivity index (χ1n) is 12.7. The summed E-state index contributed by atoms with van der Waals surface area (Å²) in [6, 6.07) is 17.1. The molecule has 7 heteroatoms. The fourth-order valence-electron chi connectivity index (χ4n) is 4.96. The first-order valence-corrected chi connectivity index (χ1v) is 14.6. The molecule has 2 fully saturated rings. The van der Waals surface area contributed by atoms with Gasteiger partial charge < -0.3 is 10.2 Å². The Morgan fingerprint density at radius 2 is 1.66 bits per heavy atom. The van der Waals surface area contributed by atoms with E-state index in [1.807, 2.05) is 6.07 Å². The standard InChI is InChI=1S/C28H36N2O4S/c1-21-12-14-22(15-13-21)25-20-24(25)10-6-3-7-11-26(29-27(31)23-8-4-2-5-9-23)28(32)30-16-18-35(33,34)19-17-30/h2,4-5,8-9,12-15,24-26H,3,6-7,10-11,16-20H2,1H3,(H,29,31)/t24-,25+,26+/m1/s1. The number of amides is 2. The summed E-state index contributed by atoms with van der Waals surface area (Å²) in [5.74, 6) is 0.968. The maximum absolute atomic E-state index is 13.2. The third-order valence-electron chi connectivity index (χ3n) is 7.29. The van der Waals surface area contributed by atoms with E-state index in [0.29, 0.717) is 17.9 Å². The minimum Gasteiger partial charge on any atom is -0.340 e. The summed E-state index contributed by atoms with van der Waals surface area (Å²) < 4.78 is 23.6. The van der Waals surface area contributed by atoms with Gasteiger partial charge in [-0.2, -0.15) is 0 Å². The van der Waals surface area contributed by atoms with Crippen LogP contribution in [-0.2, 0) is 14.6 Å². The van der Waals surface area contributed by atoms with Crippen LogP contribution in [0.5, 0.6) is 0 Å². The quantitative estimate of drug-likeness (QED) is 0.502. The Balaban J connectivity index is 1.26. The maximum Gasteiger partial charge on any atom is 0.251 e. The van der Waals surface area contributed by atoms with Gasteiger partial charge in [0, 0.05) is 18.7 Å². The largest absolute Gasteiger partial charge is 0.340 e. The summed E-state index contributed by atoms with van der Waals surface area (Å²) in [6.07, 6.45) is 5.98. The highest BCUT2D eigenvalue weighted by Crippen LogP contribution is 2.50. The van der Waals surface area contributed by atoms with Crippen molar-refractivity contribution in [1.82, 2.24) is 10.2 Å². The zero-order valence-corrected chi connectivity index (χ0v) is 21.3. The number of aryl methyl sites for hydroxylation is 1. The van der Waals surface area contributed by atoms with E-state index in [2.05, 4.69) is 36.5 Å². The average Bonchev–Trinajstić information content (AvgIpc) is 3.63. The number of benzene rings is 2. The van der Waals surface area contributed by atoms with Gasteiger partial charge in [0.1, 0.15) is 6.04 Å². The Kier molecular flexibility index (Phi) is 8.26. The number of nitrogens with zero attached hydrogens (tertiary/aromatic N) is 1. The number of hydrogen-bond donors (Lipinski definition) is 1. The van der Waals surface area contributed by atoms with E-state index >= 15 is 0 Å².